The molecule has 0 radical (unpaired) electrons. The number of esters is 2. The first-order valence-electron chi connectivity index (χ1n) is 35.4. The molecule has 6 aromatic rings. The van der Waals surface area contributed by atoms with Gasteiger partial charge in [-0.1, -0.05) is 50.2 Å². The van der Waals surface area contributed by atoms with Gasteiger partial charge in [-0.05, 0) is 197 Å². The number of methoxy groups -OCH3 is 10. The Bertz CT molecular complexity index is 3410. The number of likely N-dealkylation sites (tertiary alicyclic amines) is 2. The van der Waals surface area contributed by atoms with Gasteiger partial charge in [-0.15, -0.1) is 0 Å². The number of nitrogens with zero attached hydrogens (tertiary/aromatic N) is 4. The highest BCUT2D eigenvalue weighted by atomic mass is 16.6. The van der Waals surface area contributed by atoms with E-state index in [0.717, 1.165) is 61.0 Å². The molecule has 6 atom stereocenters. The van der Waals surface area contributed by atoms with Crippen LogP contribution < -0.4 is 56.8 Å². The molecule has 22 heteroatoms. The lowest BCUT2D eigenvalue weighted by Crippen LogP contribution is -2.50. The zero-order chi connectivity index (χ0) is 73.2. The SMILES string of the molecule is CC[C@H](C(=O)N1CCCC[C@H]1C(=O)O[C@H](CCc1ccc(OC)c(OC)c1)c1cccc(OCCN(C)CCN(C)CCOc2cccc([C@@H](CCc3ccc(OC)c(OC)c3)OC(=O)[C@@H]3CCCCN3C(=O)[C@@H](CC)c3cc(OC)c(OC)c(OC)c3)c2)c1)c1cc(OC)c(OC)c(OC)c1. The Balaban J connectivity index is 0.884. The number of likely N-dealkylation sites (N-methyl/N-ethyl adjacent to an activating group) is 2. The van der Waals surface area contributed by atoms with Gasteiger partial charge in [0, 0.05) is 39.3 Å². The van der Waals surface area contributed by atoms with Gasteiger partial charge in [-0.2, -0.15) is 0 Å². The lowest BCUT2D eigenvalue weighted by molar-refractivity contribution is -0.162. The molecule has 0 bridgehead atoms. The van der Waals surface area contributed by atoms with Crippen LogP contribution in [0.2, 0.25) is 0 Å². The van der Waals surface area contributed by atoms with Crippen molar-refractivity contribution in [2.45, 2.75) is 127 Å². The smallest absolute Gasteiger partial charge is 0.329 e. The molecule has 0 saturated carbocycles. The first kappa shape index (κ1) is 78.4. The molecule has 2 saturated heterocycles. The molecule has 2 heterocycles. The Morgan fingerprint density at radius 2 is 0.775 bits per heavy atom. The Morgan fingerprint density at radius 3 is 1.11 bits per heavy atom. The van der Waals surface area contributed by atoms with Crippen molar-refractivity contribution in [1.29, 1.82) is 0 Å². The summed E-state index contributed by atoms with van der Waals surface area (Å²) in [6, 6.07) is 32.6. The van der Waals surface area contributed by atoms with Crippen LogP contribution in [-0.4, -0.2) is 193 Å². The predicted octanol–water partition coefficient (Wildman–Crippen LogP) is 12.7. The number of amides is 2. The largest absolute Gasteiger partial charge is 0.493 e. The summed E-state index contributed by atoms with van der Waals surface area (Å²) in [5.74, 6) is 3.92. The number of carbonyl (C=O) groups excluding carboxylic acids is 4. The van der Waals surface area contributed by atoms with Crippen LogP contribution in [-0.2, 0) is 41.5 Å². The maximum Gasteiger partial charge on any atom is 0.329 e. The van der Waals surface area contributed by atoms with Crippen LogP contribution >= 0.6 is 0 Å². The third kappa shape index (κ3) is 20.3. The highest BCUT2D eigenvalue weighted by molar-refractivity contribution is 5.90. The Morgan fingerprint density at radius 1 is 0.412 bits per heavy atom. The maximum atomic E-state index is 14.7. The van der Waals surface area contributed by atoms with Gasteiger partial charge in [0.1, 0.15) is 49.0 Å². The van der Waals surface area contributed by atoms with Crippen LogP contribution in [0.5, 0.6) is 69.0 Å². The van der Waals surface area contributed by atoms with Gasteiger partial charge in [-0.3, -0.25) is 9.59 Å². The normalized spacial score (nSPS) is 15.6. The van der Waals surface area contributed by atoms with Crippen molar-refractivity contribution in [2.75, 3.05) is 138 Å². The van der Waals surface area contributed by atoms with Gasteiger partial charge >= 0.3 is 11.9 Å². The standard InChI is InChI=1S/C80H106N4O18/c1-15-61(57-49-71(93-9)75(97-13)72(50-57)94-10)77(85)83-37-19-17-27-63(83)79(87)101-65(33-29-53-31-35-67(89-5)69(45-53)91-7)55-23-21-25-59(47-55)99-43-41-81(3)39-40-82(4)42-44-100-60-26-22-24-56(48-60)66(34-30-54-32-36-68(90-6)70(46-54)92-8)102-80(88)64-28-18-20-38-84(64)78(86)62(16-2)58-51-73(95-11)76(98-14)74(52-58)96-12/h21-26,31-32,35-36,45-52,61-66H,15-20,27-30,33-34,37-44H2,1-14H3/t61-,62-,63-,64-,65+,66+/m0/s1. The van der Waals surface area contributed by atoms with Crippen LogP contribution in [0.25, 0.3) is 0 Å². The highest BCUT2D eigenvalue weighted by Gasteiger charge is 2.40. The number of hydrogen-bond acceptors (Lipinski definition) is 20. The van der Waals surface area contributed by atoms with Crippen LogP contribution in [0.4, 0.5) is 0 Å². The van der Waals surface area contributed by atoms with Gasteiger partial charge in [-0.25, -0.2) is 9.59 Å². The van der Waals surface area contributed by atoms with Crippen molar-refractivity contribution >= 4 is 23.8 Å². The lowest BCUT2D eigenvalue weighted by atomic mass is 9.91. The molecule has 0 N–H and O–H groups in total. The number of carbonyl (C=O) groups is 4. The zero-order valence-corrected chi connectivity index (χ0v) is 62.1. The molecule has 22 nitrogen and oxygen atoms in total. The molecule has 0 aliphatic carbocycles. The fourth-order valence-corrected chi connectivity index (χ4v) is 13.5. The summed E-state index contributed by atoms with van der Waals surface area (Å²) >= 11 is 0. The third-order valence-corrected chi connectivity index (χ3v) is 19.3. The van der Waals surface area contributed by atoms with Gasteiger partial charge in [0.25, 0.3) is 0 Å². The van der Waals surface area contributed by atoms with E-state index in [1.165, 1.54) is 14.2 Å². The van der Waals surface area contributed by atoms with E-state index in [0.29, 0.717) is 171 Å². The van der Waals surface area contributed by atoms with Crippen LogP contribution in [0.3, 0.4) is 0 Å². The molecule has 102 heavy (non-hydrogen) atoms. The van der Waals surface area contributed by atoms with Crippen molar-refractivity contribution in [3.05, 3.63) is 143 Å². The summed E-state index contributed by atoms with van der Waals surface area (Å²) in [4.78, 5) is 66.6. The zero-order valence-electron chi connectivity index (χ0n) is 62.1. The summed E-state index contributed by atoms with van der Waals surface area (Å²) in [6.07, 6.45) is 5.56. The average Bonchev–Trinajstić information content (AvgIpc) is 0.796. The molecule has 8 rings (SSSR count). The third-order valence-electron chi connectivity index (χ3n) is 19.3. The van der Waals surface area contributed by atoms with Gasteiger partial charge in [0.05, 0.1) is 82.9 Å². The number of piperidine rings is 2. The molecule has 0 aromatic heterocycles. The molecule has 2 aliphatic heterocycles. The van der Waals surface area contributed by atoms with E-state index in [2.05, 4.69) is 23.9 Å². The van der Waals surface area contributed by atoms with E-state index in [4.69, 9.17) is 66.3 Å². The molecular formula is C80H106N4O18. The molecule has 0 unspecified atom stereocenters. The van der Waals surface area contributed by atoms with E-state index in [-0.39, 0.29) is 11.8 Å². The van der Waals surface area contributed by atoms with Crippen molar-refractivity contribution < 1.29 is 85.5 Å². The van der Waals surface area contributed by atoms with E-state index in [1.54, 1.807) is 90.9 Å². The summed E-state index contributed by atoms with van der Waals surface area (Å²) in [6.45, 7) is 8.34. The van der Waals surface area contributed by atoms with E-state index in [1.807, 2.05) is 98.8 Å². The van der Waals surface area contributed by atoms with Gasteiger partial charge in [0.15, 0.2) is 46.0 Å². The average molecular weight is 1410 g/mol. The number of rotatable bonds is 39. The minimum absolute atomic E-state index is 0.167. The second-order valence-electron chi connectivity index (χ2n) is 25.7. The lowest BCUT2D eigenvalue weighted by Gasteiger charge is -2.37. The van der Waals surface area contributed by atoms with E-state index >= 15 is 0 Å². The van der Waals surface area contributed by atoms with E-state index in [9.17, 15) is 19.2 Å². The Labute approximate surface area is 602 Å². The van der Waals surface area contributed by atoms with Crippen molar-refractivity contribution in [3.63, 3.8) is 0 Å². The monoisotopic (exact) mass is 1410 g/mol. The molecule has 2 aliphatic rings. The fourth-order valence-electron chi connectivity index (χ4n) is 13.5. The van der Waals surface area contributed by atoms with Crippen LogP contribution in [0.15, 0.2) is 109 Å². The quantitative estimate of drug-likeness (QED) is 0.0328. The topological polar surface area (TPSA) is 210 Å². The minimum atomic E-state index is -0.789. The van der Waals surface area contributed by atoms with Crippen LogP contribution in [0, 0.1) is 0 Å². The molecule has 554 valence electrons. The Hall–Kier alpha value is -9.28. The number of ether oxygens (including phenoxy) is 14. The fraction of sp³-hybridized carbons (Fsp3) is 0.500. The summed E-state index contributed by atoms with van der Waals surface area (Å²) in [7, 11) is 19.8. The highest BCUT2D eigenvalue weighted by Crippen LogP contribution is 2.44. The first-order valence-corrected chi connectivity index (χ1v) is 35.4. The van der Waals surface area contributed by atoms with Gasteiger partial charge in [0.2, 0.25) is 23.3 Å². The second kappa shape index (κ2) is 39.2. The summed E-state index contributed by atoms with van der Waals surface area (Å²) in [5, 5.41) is 0. The van der Waals surface area contributed by atoms with Gasteiger partial charge < -0.3 is 85.9 Å². The first-order chi connectivity index (χ1) is 49.5. The number of aryl methyl sites for hydroxylation is 2. The Kier molecular flexibility index (Phi) is 30.2. The molecule has 6 aromatic carbocycles. The van der Waals surface area contributed by atoms with E-state index < -0.39 is 48.1 Å². The molecular weight excluding hydrogens is 1300 g/mol. The van der Waals surface area contributed by atoms with Crippen molar-refractivity contribution in [3.8, 4) is 69.0 Å². The molecule has 2 fully saturated rings. The van der Waals surface area contributed by atoms with Crippen LogP contribution in [0.1, 0.15) is 135 Å². The predicted molar refractivity (Wildman–Crippen MR) is 389 cm³/mol. The summed E-state index contributed by atoms with van der Waals surface area (Å²) < 4.78 is 82.0. The molecule has 2 amide bonds. The number of hydrogen-bond donors (Lipinski definition) is 0. The van der Waals surface area contributed by atoms with Crippen molar-refractivity contribution in [1.82, 2.24) is 19.6 Å². The second-order valence-corrected chi connectivity index (χ2v) is 25.7. The molecule has 0 spiro atoms. The maximum absolute atomic E-state index is 14.7. The van der Waals surface area contributed by atoms with Crippen molar-refractivity contribution in [2.24, 2.45) is 0 Å². The minimum Gasteiger partial charge on any atom is -0.493 e. The summed E-state index contributed by atoms with van der Waals surface area (Å²) in [5.41, 5.74) is 4.88. The number of benzene rings is 6.